The van der Waals surface area contributed by atoms with Gasteiger partial charge in [-0.2, -0.15) is 0 Å². The van der Waals surface area contributed by atoms with Gasteiger partial charge in [0.1, 0.15) is 0 Å². The van der Waals surface area contributed by atoms with Crippen LogP contribution in [0.4, 0.5) is 5.69 Å². The first-order chi connectivity index (χ1) is 12.9. The number of carbonyl (C=O) groups excluding carboxylic acids is 2. The van der Waals surface area contributed by atoms with Gasteiger partial charge in [-0.05, 0) is 62.9 Å². The second-order valence-electron chi connectivity index (χ2n) is 7.25. The lowest BCUT2D eigenvalue weighted by Gasteiger charge is -2.39. The molecule has 4 nitrogen and oxygen atoms in total. The van der Waals surface area contributed by atoms with Crippen molar-refractivity contribution in [3.63, 3.8) is 0 Å². The summed E-state index contributed by atoms with van der Waals surface area (Å²) in [6, 6.07) is 12.8. The van der Waals surface area contributed by atoms with E-state index in [2.05, 4.69) is 5.32 Å². The van der Waals surface area contributed by atoms with E-state index in [1.807, 2.05) is 49.9 Å². The van der Waals surface area contributed by atoms with E-state index >= 15 is 0 Å². The highest BCUT2D eigenvalue weighted by Gasteiger charge is 2.36. The Kier molecular flexibility index (Phi) is 5.85. The van der Waals surface area contributed by atoms with Crippen LogP contribution in [0.25, 0.3) is 0 Å². The summed E-state index contributed by atoms with van der Waals surface area (Å²) >= 11 is 6.00. The Morgan fingerprint density at radius 1 is 1.11 bits per heavy atom. The average Bonchev–Trinajstić information content (AvgIpc) is 2.61. The molecule has 0 spiro atoms. The van der Waals surface area contributed by atoms with E-state index in [0.29, 0.717) is 17.3 Å². The zero-order valence-corrected chi connectivity index (χ0v) is 16.7. The van der Waals surface area contributed by atoms with Crippen LogP contribution in [0.3, 0.4) is 0 Å². The molecule has 1 saturated heterocycles. The molecule has 1 fully saturated rings. The van der Waals surface area contributed by atoms with Crippen molar-refractivity contribution in [2.45, 2.75) is 39.7 Å². The maximum Gasteiger partial charge on any atom is 0.254 e. The number of piperidine rings is 1. The Labute approximate surface area is 165 Å². The predicted octanol–water partition coefficient (Wildman–Crippen LogP) is 4.84. The maximum atomic E-state index is 13.2. The molecular weight excluding hydrogens is 360 g/mol. The Hall–Kier alpha value is -2.33. The second kappa shape index (κ2) is 8.13. The number of rotatable bonds is 3. The first-order valence-electron chi connectivity index (χ1n) is 9.32. The van der Waals surface area contributed by atoms with Crippen LogP contribution in [0.5, 0.6) is 0 Å². The third-order valence-corrected chi connectivity index (χ3v) is 5.61. The van der Waals surface area contributed by atoms with Crippen LogP contribution in [0.15, 0.2) is 42.5 Å². The summed E-state index contributed by atoms with van der Waals surface area (Å²) in [5.41, 5.74) is 3.37. The minimum absolute atomic E-state index is 0.0124. The number of halogens is 1. The molecule has 2 atom stereocenters. The third kappa shape index (κ3) is 4.16. The van der Waals surface area contributed by atoms with E-state index in [1.54, 1.807) is 18.2 Å². The SMILES string of the molecule is Cc1cccc(C)c1C(=O)N1CCCC(C(=O)Nc2cccc(Cl)c2)[C@@H]1C. The van der Waals surface area contributed by atoms with Gasteiger partial charge < -0.3 is 10.2 Å². The van der Waals surface area contributed by atoms with Crippen LogP contribution in [0, 0.1) is 19.8 Å². The van der Waals surface area contributed by atoms with Gasteiger partial charge in [0.2, 0.25) is 5.91 Å². The topological polar surface area (TPSA) is 49.4 Å². The van der Waals surface area contributed by atoms with Gasteiger partial charge in [0, 0.05) is 28.9 Å². The van der Waals surface area contributed by atoms with E-state index in [1.165, 1.54) is 0 Å². The second-order valence-corrected chi connectivity index (χ2v) is 7.69. The van der Waals surface area contributed by atoms with Crippen LogP contribution in [0.1, 0.15) is 41.3 Å². The van der Waals surface area contributed by atoms with E-state index in [9.17, 15) is 9.59 Å². The molecule has 0 bridgehead atoms. The smallest absolute Gasteiger partial charge is 0.254 e. The molecular formula is C22H25ClN2O2. The van der Waals surface area contributed by atoms with Crippen molar-refractivity contribution in [2.24, 2.45) is 5.92 Å². The van der Waals surface area contributed by atoms with Crippen molar-refractivity contribution >= 4 is 29.1 Å². The number of aryl methyl sites for hydroxylation is 2. The fraction of sp³-hybridized carbons (Fsp3) is 0.364. The normalized spacial score (nSPS) is 19.6. The number of hydrogen-bond donors (Lipinski definition) is 1. The first-order valence-corrected chi connectivity index (χ1v) is 9.70. The standard InChI is InChI=1S/C22H25ClN2O2/c1-14-7-4-8-15(2)20(14)22(27)25-12-6-11-19(16(25)3)21(26)24-18-10-5-9-17(23)13-18/h4-5,7-10,13,16,19H,6,11-12H2,1-3H3,(H,24,26)/t16-,19?/m0/s1. The highest BCUT2D eigenvalue weighted by Crippen LogP contribution is 2.28. The van der Waals surface area contributed by atoms with Gasteiger partial charge in [-0.15, -0.1) is 0 Å². The van der Waals surface area contributed by atoms with Gasteiger partial charge in [-0.1, -0.05) is 35.9 Å². The summed E-state index contributed by atoms with van der Waals surface area (Å²) in [6.45, 7) is 6.55. The summed E-state index contributed by atoms with van der Waals surface area (Å²) in [4.78, 5) is 27.9. The summed E-state index contributed by atoms with van der Waals surface area (Å²) in [5, 5.41) is 3.52. The molecule has 0 aromatic heterocycles. The molecule has 1 aliphatic rings. The number of hydrogen-bond acceptors (Lipinski definition) is 2. The van der Waals surface area contributed by atoms with Crippen LogP contribution in [0.2, 0.25) is 5.02 Å². The van der Waals surface area contributed by atoms with Crippen molar-refractivity contribution in [2.75, 3.05) is 11.9 Å². The first kappa shape index (κ1) is 19.4. The molecule has 0 radical (unpaired) electrons. The largest absolute Gasteiger partial charge is 0.335 e. The van der Waals surface area contributed by atoms with E-state index in [0.717, 1.165) is 29.5 Å². The van der Waals surface area contributed by atoms with E-state index < -0.39 is 0 Å². The molecule has 2 amide bonds. The highest BCUT2D eigenvalue weighted by molar-refractivity contribution is 6.30. The van der Waals surface area contributed by atoms with Gasteiger partial charge in [0.05, 0.1) is 5.92 Å². The maximum absolute atomic E-state index is 13.2. The molecule has 1 heterocycles. The highest BCUT2D eigenvalue weighted by atomic mass is 35.5. The molecule has 27 heavy (non-hydrogen) atoms. The molecule has 2 aromatic carbocycles. The van der Waals surface area contributed by atoms with E-state index in [4.69, 9.17) is 11.6 Å². The number of benzene rings is 2. The lowest BCUT2D eigenvalue weighted by atomic mass is 9.88. The van der Waals surface area contributed by atoms with Crippen LogP contribution >= 0.6 is 11.6 Å². The molecule has 142 valence electrons. The van der Waals surface area contributed by atoms with Crippen molar-refractivity contribution in [1.82, 2.24) is 4.90 Å². The molecule has 1 unspecified atom stereocenters. The number of nitrogens with one attached hydrogen (secondary N) is 1. The number of anilines is 1. The summed E-state index contributed by atoms with van der Waals surface area (Å²) in [5.74, 6) is -0.298. The fourth-order valence-corrected chi connectivity index (χ4v) is 4.07. The number of amides is 2. The van der Waals surface area contributed by atoms with Gasteiger partial charge in [0.15, 0.2) is 0 Å². The minimum Gasteiger partial charge on any atom is -0.335 e. The Morgan fingerprint density at radius 2 is 1.78 bits per heavy atom. The Balaban J connectivity index is 1.78. The quantitative estimate of drug-likeness (QED) is 0.823. The zero-order valence-electron chi connectivity index (χ0n) is 16.0. The number of likely N-dealkylation sites (tertiary alicyclic amines) is 1. The van der Waals surface area contributed by atoms with Crippen LogP contribution in [-0.4, -0.2) is 29.3 Å². The van der Waals surface area contributed by atoms with Gasteiger partial charge in [-0.25, -0.2) is 0 Å². The monoisotopic (exact) mass is 384 g/mol. The lowest BCUT2D eigenvalue weighted by molar-refractivity contribution is -0.122. The van der Waals surface area contributed by atoms with Gasteiger partial charge >= 0.3 is 0 Å². The molecule has 5 heteroatoms. The van der Waals surface area contributed by atoms with Crippen molar-refractivity contribution in [3.8, 4) is 0 Å². The third-order valence-electron chi connectivity index (χ3n) is 5.37. The molecule has 1 N–H and O–H groups in total. The fourth-order valence-electron chi connectivity index (χ4n) is 3.88. The predicted molar refractivity (Wildman–Crippen MR) is 109 cm³/mol. The molecule has 1 aliphatic heterocycles. The van der Waals surface area contributed by atoms with Crippen molar-refractivity contribution in [1.29, 1.82) is 0 Å². The van der Waals surface area contributed by atoms with Crippen molar-refractivity contribution in [3.05, 3.63) is 64.2 Å². The Morgan fingerprint density at radius 3 is 2.44 bits per heavy atom. The number of carbonyl (C=O) groups is 2. The number of nitrogens with zero attached hydrogens (tertiary/aromatic N) is 1. The molecule has 2 aromatic rings. The molecule has 0 saturated carbocycles. The van der Waals surface area contributed by atoms with E-state index in [-0.39, 0.29) is 23.8 Å². The van der Waals surface area contributed by atoms with Crippen LogP contribution in [-0.2, 0) is 4.79 Å². The summed E-state index contributed by atoms with van der Waals surface area (Å²) in [6.07, 6.45) is 1.58. The minimum atomic E-state index is -0.244. The average molecular weight is 385 g/mol. The van der Waals surface area contributed by atoms with Gasteiger partial charge in [0.25, 0.3) is 5.91 Å². The van der Waals surface area contributed by atoms with Gasteiger partial charge in [-0.3, -0.25) is 9.59 Å². The van der Waals surface area contributed by atoms with Crippen molar-refractivity contribution < 1.29 is 9.59 Å². The Bertz CT molecular complexity index is 845. The zero-order chi connectivity index (χ0) is 19.6. The lowest BCUT2D eigenvalue weighted by Crippen LogP contribution is -2.50. The molecule has 3 rings (SSSR count). The van der Waals surface area contributed by atoms with Crippen LogP contribution < -0.4 is 5.32 Å². The summed E-state index contributed by atoms with van der Waals surface area (Å²) in [7, 11) is 0. The summed E-state index contributed by atoms with van der Waals surface area (Å²) < 4.78 is 0. The molecule has 0 aliphatic carbocycles.